The molecule has 1 saturated heterocycles. The van der Waals surface area contributed by atoms with E-state index in [4.69, 9.17) is 25.9 Å². The Bertz CT molecular complexity index is 1150. The number of guanidine groups is 1. The van der Waals surface area contributed by atoms with Crippen LogP contribution in [0.15, 0.2) is 41.4 Å². The Morgan fingerprint density at radius 2 is 1.81 bits per heavy atom. The molecule has 2 aliphatic rings. The number of piperazine rings is 1. The second-order valence-electron chi connectivity index (χ2n) is 7.86. The Morgan fingerprint density at radius 3 is 2.61 bits per heavy atom. The fraction of sp³-hybridized carbons (Fsp3) is 0.318. The monoisotopic (exact) mass is 419 g/mol. The first-order valence-corrected chi connectivity index (χ1v) is 10.3. The summed E-state index contributed by atoms with van der Waals surface area (Å²) in [4.78, 5) is 18.4. The zero-order chi connectivity index (χ0) is 21.4. The van der Waals surface area contributed by atoms with Gasteiger partial charge in [0.1, 0.15) is 5.82 Å². The maximum Gasteiger partial charge on any atom is 0.231 e. The van der Waals surface area contributed by atoms with Crippen LogP contribution in [0.5, 0.6) is 11.5 Å². The van der Waals surface area contributed by atoms with Gasteiger partial charge in [-0.05, 0) is 42.9 Å². The molecular formula is C22H25N7O2. The van der Waals surface area contributed by atoms with Gasteiger partial charge < -0.3 is 30.7 Å². The molecular weight excluding hydrogens is 394 g/mol. The van der Waals surface area contributed by atoms with Gasteiger partial charge in [0.2, 0.25) is 6.79 Å². The van der Waals surface area contributed by atoms with Crippen molar-refractivity contribution in [2.24, 2.45) is 16.5 Å². The fourth-order valence-corrected chi connectivity index (χ4v) is 3.93. The van der Waals surface area contributed by atoms with Crippen molar-refractivity contribution in [3.05, 3.63) is 47.8 Å². The molecule has 0 unspecified atom stereocenters. The molecule has 3 heterocycles. The van der Waals surface area contributed by atoms with Gasteiger partial charge in [0.05, 0.1) is 5.52 Å². The lowest BCUT2D eigenvalue weighted by Crippen LogP contribution is -2.44. The molecule has 1 fully saturated rings. The predicted molar refractivity (Wildman–Crippen MR) is 120 cm³/mol. The number of nitrogens with zero attached hydrogens (tertiary/aromatic N) is 5. The molecule has 1 aromatic heterocycles. The Labute approximate surface area is 180 Å². The van der Waals surface area contributed by atoms with Crippen molar-refractivity contribution in [2.75, 3.05) is 44.9 Å². The molecule has 4 N–H and O–H groups in total. The predicted octanol–water partition coefficient (Wildman–Crippen LogP) is 1.61. The van der Waals surface area contributed by atoms with Crippen LogP contribution in [0.4, 0.5) is 11.5 Å². The molecule has 9 heteroatoms. The summed E-state index contributed by atoms with van der Waals surface area (Å²) in [6.45, 7) is 4.29. The summed E-state index contributed by atoms with van der Waals surface area (Å²) in [5.74, 6) is 2.58. The van der Waals surface area contributed by atoms with E-state index in [0.29, 0.717) is 18.1 Å². The summed E-state index contributed by atoms with van der Waals surface area (Å²) in [5, 5.41) is 0.820. The van der Waals surface area contributed by atoms with Crippen LogP contribution in [0.1, 0.15) is 11.4 Å². The van der Waals surface area contributed by atoms with E-state index in [2.05, 4.69) is 39.0 Å². The first kappa shape index (κ1) is 19.4. The molecule has 0 bridgehead atoms. The van der Waals surface area contributed by atoms with Crippen molar-refractivity contribution in [1.82, 2.24) is 14.9 Å². The van der Waals surface area contributed by atoms with Gasteiger partial charge in [-0.1, -0.05) is 6.07 Å². The van der Waals surface area contributed by atoms with E-state index in [1.54, 1.807) is 0 Å². The van der Waals surface area contributed by atoms with Crippen molar-refractivity contribution >= 4 is 28.4 Å². The Hall–Kier alpha value is -3.59. The molecule has 0 saturated carbocycles. The highest BCUT2D eigenvalue weighted by Gasteiger charge is 2.17. The zero-order valence-corrected chi connectivity index (χ0v) is 17.4. The van der Waals surface area contributed by atoms with Crippen molar-refractivity contribution in [3.8, 4) is 11.5 Å². The average Bonchev–Trinajstić information content (AvgIpc) is 3.21. The average molecular weight is 419 g/mol. The third-order valence-electron chi connectivity index (χ3n) is 5.61. The van der Waals surface area contributed by atoms with Gasteiger partial charge in [-0.2, -0.15) is 4.99 Å². The summed E-state index contributed by atoms with van der Waals surface area (Å²) in [6, 6.07) is 12.0. The van der Waals surface area contributed by atoms with E-state index < -0.39 is 0 Å². The maximum absolute atomic E-state index is 5.66. The lowest BCUT2D eigenvalue weighted by molar-refractivity contribution is 0.174. The highest BCUT2D eigenvalue weighted by Crippen LogP contribution is 2.33. The van der Waals surface area contributed by atoms with Crippen LogP contribution in [0, 0.1) is 0 Å². The number of fused-ring (bicyclic) bond motifs is 2. The molecule has 0 atom stereocenters. The SMILES string of the molecule is CN1CCN(c2ccc3c(N=C(N)N)nc(Cc4ccc5c(c4)OCO5)nc3c2)CC1. The van der Waals surface area contributed by atoms with Gasteiger partial charge >= 0.3 is 0 Å². The third-order valence-corrected chi connectivity index (χ3v) is 5.61. The molecule has 0 amide bonds. The fourth-order valence-electron chi connectivity index (χ4n) is 3.93. The highest BCUT2D eigenvalue weighted by atomic mass is 16.7. The van der Waals surface area contributed by atoms with Crippen molar-refractivity contribution < 1.29 is 9.47 Å². The van der Waals surface area contributed by atoms with Gasteiger partial charge in [0.25, 0.3) is 0 Å². The molecule has 0 spiro atoms. The Kier molecular flexibility index (Phi) is 4.95. The normalized spacial score (nSPS) is 16.0. The van der Waals surface area contributed by atoms with Crippen LogP contribution in [-0.4, -0.2) is 60.8 Å². The summed E-state index contributed by atoms with van der Waals surface area (Å²) >= 11 is 0. The largest absolute Gasteiger partial charge is 0.454 e. The second-order valence-corrected chi connectivity index (χ2v) is 7.86. The molecule has 2 aromatic carbocycles. The first-order chi connectivity index (χ1) is 15.0. The number of likely N-dealkylation sites (N-methyl/N-ethyl adjacent to an activating group) is 1. The van der Waals surface area contributed by atoms with Crippen LogP contribution >= 0.6 is 0 Å². The molecule has 0 radical (unpaired) electrons. The minimum atomic E-state index is -0.0304. The van der Waals surface area contributed by atoms with Gasteiger partial charge in [-0.15, -0.1) is 0 Å². The number of anilines is 1. The van der Waals surface area contributed by atoms with Crippen molar-refractivity contribution in [3.63, 3.8) is 0 Å². The molecule has 160 valence electrons. The van der Waals surface area contributed by atoms with Gasteiger partial charge in [-0.3, -0.25) is 0 Å². The number of rotatable bonds is 4. The number of aliphatic imine (C=N–C) groups is 1. The van der Waals surface area contributed by atoms with Crippen LogP contribution in [0.3, 0.4) is 0 Å². The molecule has 31 heavy (non-hydrogen) atoms. The standard InChI is InChI=1S/C22H25N7O2/c1-28-6-8-29(9-7-28)15-3-4-16-17(12-15)25-20(26-21(16)27-22(23)24)11-14-2-5-18-19(10-14)31-13-30-18/h2-5,10,12H,6-9,11,13H2,1H3,(H4,23,24,25,26,27). The van der Waals surface area contributed by atoms with Crippen LogP contribution in [0.2, 0.25) is 0 Å². The highest BCUT2D eigenvalue weighted by molar-refractivity contribution is 5.93. The quantitative estimate of drug-likeness (QED) is 0.484. The minimum Gasteiger partial charge on any atom is -0.454 e. The Morgan fingerprint density at radius 1 is 1.00 bits per heavy atom. The second kappa shape index (κ2) is 7.92. The van der Waals surface area contributed by atoms with Crippen LogP contribution < -0.4 is 25.8 Å². The van der Waals surface area contributed by atoms with Gasteiger partial charge in [0, 0.05) is 43.7 Å². The summed E-state index contributed by atoms with van der Waals surface area (Å²) in [5.41, 5.74) is 14.3. The van der Waals surface area contributed by atoms with Gasteiger partial charge in [0.15, 0.2) is 23.3 Å². The van der Waals surface area contributed by atoms with Crippen LogP contribution in [0.25, 0.3) is 10.9 Å². The smallest absolute Gasteiger partial charge is 0.231 e. The minimum absolute atomic E-state index is 0.0304. The van der Waals surface area contributed by atoms with E-state index in [1.807, 2.05) is 24.3 Å². The number of benzene rings is 2. The maximum atomic E-state index is 5.66. The van der Waals surface area contributed by atoms with Gasteiger partial charge in [-0.25, -0.2) is 9.97 Å². The summed E-state index contributed by atoms with van der Waals surface area (Å²) in [6.07, 6.45) is 0.526. The van der Waals surface area contributed by atoms with Crippen LogP contribution in [-0.2, 0) is 6.42 Å². The third kappa shape index (κ3) is 4.04. The Balaban J connectivity index is 1.52. The number of hydrogen-bond acceptors (Lipinski definition) is 7. The van der Waals surface area contributed by atoms with E-state index in [9.17, 15) is 0 Å². The number of hydrogen-bond donors (Lipinski definition) is 2. The van der Waals surface area contributed by atoms with E-state index in [0.717, 1.165) is 59.8 Å². The summed E-state index contributed by atoms with van der Waals surface area (Å²) in [7, 11) is 2.15. The van der Waals surface area contributed by atoms with E-state index in [-0.39, 0.29) is 12.8 Å². The topological polar surface area (TPSA) is 115 Å². The molecule has 0 aliphatic carbocycles. The summed E-state index contributed by atoms with van der Waals surface area (Å²) < 4.78 is 10.9. The lowest BCUT2D eigenvalue weighted by atomic mass is 10.1. The molecule has 5 rings (SSSR count). The van der Waals surface area contributed by atoms with Crippen molar-refractivity contribution in [1.29, 1.82) is 0 Å². The van der Waals surface area contributed by atoms with Crippen molar-refractivity contribution in [2.45, 2.75) is 6.42 Å². The molecule has 9 nitrogen and oxygen atoms in total. The number of nitrogens with two attached hydrogens (primary N) is 2. The zero-order valence-electron chi connectivity index (χ0n) is 17.4. The molecule has 3 aromatic rings. The lowest BCUT2D eigenvalue weighted by Gasteiger charge is -2.34. The molecule has 2 aliphatic heterocycles. The van der Waals surface area contributed by atoms with E-state index >= 15 is 0 Å². The number of aromatic nitrogens is 2. The van der Waals surface area contributed by atoms with E-state index in [1.165, 1.54) is 0 Å². The number of ether oxygens (including phenoxy) is 2. The first-order valence-electron chi connectivity index (χ1n) is 10.3.